The van der Waals surface area contributed by atoms with E-state index in [0.29, 0.717) is 23.6 Å². The van der Waals surface area contributed by atoms with E-state index in [1.165, 1.54) is 0 Å². The van der Waals surface area contributed by atoms with Crippen molar-refractivity contribution in [2.24, 2.45) is 0 Å². The maximum absolute atomic E-state index is 12.8. The van der Waals surface area contributed by atoms with Crippen molar-refractivity contribution in [1.82, 2.24) is 0 Å². The van der Waals surface area contributed by atoms with Crippen molar-refractivity contribution >= 4 is 11.6 Å². The summed E-state index contributed by atoms with van der Waals surface area (Å²) in [4.78, 5) is 12.8. The van der Waals surface area contributed by atoms with Gasteiger partial charge in [-0.3, -0.25) is 4.79 Å². The number of rotatable bonds is 9. The third-order valence-electron chi connectivity index (χ3n) is 5.32. The number of nitrogens with one attached hydrogen (secondary N) is 1. The van der Waals surface area contributed by atoms with Crippen LogP contribution >= 0.6 is 0 Å². The van der Waals surface area contributed by atoms with Gasteiger partial charge in [0.05, 0.1) is 13.7 Å². The Bertz CT molecular complexity index is 1220. The van der Waals surface area contributed by atoms with Crippen molar-refractivity contribution in [1.29, 1.82) is 0 Å². The first-order chi connectivity index (χ1) is 16.7. The van der Waals surface area contributed by atoms with Gasteiger partial charge in [0.1, 0.15) is 23.9 Å². The minimum Gasteiger partial charge on any atom is -0.496 e. The van der Waals surface area contributed by atoms with E-state index in [1.807, 2.05) is 73.7 Å². The molecule has 0 aromatic heterocycles. The average Bonchev–Trinajstić information content (AvgIpc) is 2.89. The molecule has 0 atom stereocenters. The molecule has 1 N–H and O–H groups in total. The summed E-state index contributed by atoms with van der Waals surface area (Å²) >= 11 is 0. The molecular formula is C29H27NO4. The van der Waals surface area contributed by atoms with Crippen LogP contribution in [0.1, 0.15) is 22.8 Å². The van der Waals surface area contributed by atoms with Crippen molar-refractivity contribution < 1.29 is 19.0 Å². The van der Waals surface area contributed by atoms with Crippen LogP contribution in [-0.2, 0) is 6.61 Å². The van der Waals surface area contributed by atoms with Crippen LogP contribution in [0.15, 0.2) is 97.1 Å². The van der Waals surface area contributed by atoms with Gasteiger partial charge in [-0.25, -0.2) is 0 Å². The molecule has 172 valence electrons. The fourth-order valence-electron chi connectivity index (χ4n) is 3.57. The Labute approximate surface area is 199 Å². The third kappa shape index (κ3) is 5.75. The van der Waals surface area contributed by atoms with Crippen LogP contribution < -0.4 is 19.5 Å². The molecule has 0 spiro atoms. The lowest BCUT2D eigenvalue weighted by Gasteiger charge is -2.13. The highest BCUT2D eigenvalue weighted by Gasteiger charge is 2.12. The second kappa shape index (κ2) is 11.1. The normalized spacial score (nSPS) is 10.4. The minimum atomic E-state index is -0.208. The Morgan fingerprint density at radius 2 is 1.41 bits per heavy atom. The Kier molecular flexibility index (Phi) is 7.45. The Morgan fingerprint density at radius 1 is 0.765 bits per heavy atom. The van der Waals surface area contributed by atoms with Gasteiger partial charge in [-0.1, -0.05) is 42.5 Å². The summed E-state index contributed by atoms with van der Waals surface area (Å²) in [5, 5.41) is 2.91. The molecular weight excluding hydrogens is 426 g/mol. The molecule has 4 aromatic rings. The molecule has 4 rings (SSSR count). The SMILES string of the molecule is CCOc1ccc(NC(=O)c2ccc(OC)c(COc3ccc(-c4ccccc4)cc3)c2)cc1. The number of hydrogen-bond donors (Lipinski definition) is 1. The maximum Gasteiger partial charge on any atom is 0.255 e. The quantitative estimate of drug-likeness (QED) is 0.310. The summed E-state index contributed by atoms with van der Waals surface area (Å²) < 4.78 is 16.9. The number of amides is 1. The van der Waals surface area contributed by atoms with Gasteiger partial charge in [-0.2, -0.15) is 0 Å². The molecule has 0 heterocycles. The standard InChI is InChI=1S/C29H27NO4/c1-3-33-26-16-12-25(13-17-26)30-29(31)23-11-18-28(32-2)24(19-23)20-34-27-14-9-22(10-15-27)21-7-5-4-6-8-21/h4-19H,3,20H2,1-2H3,(H,30,31). The van der Waals surface area contributed by atoms with E-state index in [2.05, 4.69) is 17.4 Å². The number of carbonyl (C=O) groups excluding carboxylic acids is 1. The Morgan fingerprint density at radius 3 is 2.09 bits per heavy atom. The summed E-state index contributed by atoms with van der Waals surface area (Å²) in [6.07, 6.45) is 0. The third-order valence-corrected chi connectivity index (χ3v) is 5.32. The molecule has 0 fully saturated rings. The summed E-state index contributed by atoms with van der Waals surface area (Å²) in [5.41, 5.74) is 4.28. The van der Waals surface area contributed by atoms with Gasteiger partial charge in [0.25, 0.3) is 5.91 Å². The molecule has 5 heteroatoms. The summed E-state index contributed by atoms with van der Waals surface area (Å²) in [7, 11) is 1.60. The topological polar surface area (TPSA) is 56.8 Å². The number of anilines is 1. The van der Waals surface area contributed by atoms with Crippen LogP contribution in [0.25, 0.3) is 11.1 Å². The van der Waals surface area contributed by atoms with Crippen LogP contribution in [-0.4, -0.2) is 19.6 Å². The number of methoxy groups -OCH3 is 1. The monoisotopic (exact) mass is 453 g/mol. The first-order valence-corrected chi connectivity index (χ1v) is 11.2. The van der Waals surface area contributed by atoms with Gasteiger partial charge >= 0.3 is 0 Å². The van der Waals surface area contributed by atoms with Crippen molar-refractivity contribution in [3.8, 4) is 28.4 Å². The van der Waals surface area contributed by atoms with Gasteiger partial charge in [0.15, 0.2) is 0 Å². The second-order valence-electron chi connectivity index (χ2n) is 7.62. The zero-order valence-electron chi connectivity index (χ0n) is 19.3. The Balaban J connectivity index is 1.43. The highest BCUT2D eigenvalue weighted by Crippen LogP contribution is 2.26. The van der Waals surface area contributed by atoms with E-state index in [9.17, 15) is 4.79 Å². The van der Waals surface area contributed by atoms with E-state index in [1.54, 1.807) is 25.3 Å². The first kappa shape index (κ1) is 22.9. The summed E-state index contributed by atoms with van der Waals surface area (Å²) in [5.74, 6) is 1.96. The lowest BCUT2D eigenvalue weighted by molar-refractivity contribution is 0.102. The highest BCUT2D eigenvalue weighted by molar-refractivity contribution is 6.04. The van der Waals surface area contributed by atoms with E-state index in [0.717, 1.165) is 28.2 Å². The zero-order valence-corrected chi connectivity index (χ0v) is 19.3. The van der Waals surface area contributed by atoms with Crippen LogP contribution in [0.5, 0.6) is 17.2 Å². The molecule has 5 nitrogen and oxygen atoms in total. The van der Waals surface area contributed by atoms with Gasteiger partial charge in [0.2, 0.25) is 0 Å². The second-order valence-corrected chi connectivity index (χ2v) is 7.62. The molecule has 0 saturated heterocycles. The summed E-state index contributed by atoms with van der Waals surface area (Å²) in [6.45, 7) is 2.80. The number of ether oxygens (including phenoxy) is 3. The molecule has 0 aliphatic rings. The number of benzene rings is 4. The van der Waals surface area contributed by atoms with Crippen molar-refractivity contribution in [2.75, 3.05) is 19.0 Å². The lowest BCUT2D eigenvalue weighted by atomic mass is 10.1. The van der Waals surface area contributed by atoms with Gasteiger partial charge < -0.3 is 19.5 Å². The fraction of sp³-hybridized carbons (Fsp3) is 0.138. The van der Waals surface area contributed by atoms with E-state index < -0.39 is 0 Å². The molecule has 34 heavy (non-hydrogen) atoms. The van der Waals surface area contributed by atoms with Crippen molar-refractivity contribution in [3.05, 3.63) is 108 Å². The van der Waals surface area contributed by atoms with E-state index >= 15 is 0 Å². The zero-order chi connectivity index (χ0) is 23.8. The largest absolute Gasteiger partial charge is 0.496 e. The van der Waals surface area contributed by atoms with Gasteiger partial charge in [-0.15, -0.1) is 0 Å². The van der Waals surface area contributed by atoms with Crippen molar-refractivity contribution in [2.45, 2.75) is 13.5 Å². The smallest absolute Gasteiger partial charge is 0.255 e. The van der Waals surface area contributed by atoms with E-state index in [4.69, 9.17) is 14.2 Å². The lowest BCUT2D eigenvalue weighted by Crippen LogP contribution is -2.13. The molecule has 0 aliphatic carbocycles. The number of hydrogen-bond acceptors (Lipinski definition) is 4. The van der Waals surface area contributed by atoms with Gasteiger partial charge in [0, 0.05) is 16.8 Å². The fourth-order valence-corrected chi connectivity index (χ4v) is 3.57. The predicted molar refractivity (Wildman–Crippen MR) is 135 cm³/mol. The molecule has 0 aliphatic heterocycles. The molecule has 0 bridgehead atoms. The first-order valence-electron chi connectivity index (χ1n) is 11.2. The maximum atomic E-state index is 12.8. The molecule has 4 aromatic carbocycles. The Hall–Kier alpha value is -4.25. The average molecular weight is 454 g/mol. The molecule has 1 amide bonds. The van der Waals surface area contributed by atoms with Crippen LogP contribution in [0, 0.1) is 0 Å². The number of carbonyl (C=O) groups is 1. The minimum absolute atomic E-state index is 0.208. The molecule has 0 saturated carbocycles. The molecule has 0 unspecified atom stereocenters. The van der Waals surface area contributed by atoms with Crippen LogP contribution in [0.4, 0.5) is 5.69 Å². The molecule has 0 radical (unpaired) electrons. The van der Waals surface area contributed by atoms with Gasteiger partial charge in [-0.05, 0) is 72.6 Å². The highest BCUT2D eigenvalue weighted by atomic mass is 16.5. The van der Waals surface area contributed by atoms with E-state index in [-0.39, 0.29) is 12.5 Å². The summed E-state index contributed by atoms with van der Waals surface area (Å²) in [6, 6.07) is 30.7. The van der Waals surface area contributed by atoms with Crippen LogP contribution in [0.2, 0.25) is 0 Å². The predicted octanol–water partition coefficient (Wildman–Crippen LogP) is 6.59. The van der Waals surface area contributed by atoms with Crippen LogP contribution in [0.3, 0.4) is 0 Å². The van der Waals surface area contributed by atoms with Crippen molar-refractivity contribution in [3.63, 3.8) is 0 Å².